The SMILES string of the molecule is CCOc1ccc(N/C=C(/C#N)C(=O)NC(C(=O)O)C(C)C)cc1. The molecular weight excluding hydrogens is 310 g/mol. The van der Waals surface area contributed by atoms with E-state index in [4.69, 9.17) is 15.1 Å². The third-order valence-corrected chi connectivity index (χ3v) is 3.13. The van der Waals surface area contributed by atoms with Gasteiger partial charge in [-0.15, -0.1) is 0 Å². The van der Waals surface area contributed by atoms with Crippen molar-refractivity contribution in [2.75, 3.05) is 11.9 Å². The Morgan fingerprint density at radius 3 is 2.42 bits per heavy atom. The predicted molar refractivity (Wildman–Crippen MR) is 89.3 cm³/mol. The molecular formula is C17H21N3O4. The normalized spacial score (nSPS) is 12.2. The number of aliphatic carboxylic acids is 1. The molecule has 0 aliphatic heterocycles. The fourth-order valence-electron chi connectivity index (χ4n) is 1.85. The van der Waals surface area contributed by atoms with Gasteiger partial charge in [-0.05, 0) is 37.1 Å². The molecule has 0 aliphatic carbocycles. The molecule has 0 aliphatic rings. The summed E-state index contributed by atoms with van der Waals surface area (Å²) >= 11 is 0. The summed E-state index contributed by atoms with van der Waals surface area (Å²) in [6.45, 7) is 5.79. The summed E-state index contributed by atoms with van der Waals surface area (Å²) in [5, 5.41) is 23.3. The van der Waals surface area contributed by atoms with Crippen LogP contribution in [-0.4, -0.2) is 29.6 Å². The molecule has 1 rings (SSSR count). The van der Waals surface area contributed by atoms with Crippen LogP contribution in [0.5, 0.6) is 5.75 Å². The van der Waals surface area contributed by atoms with Crippen molar-refractivity contribution in [2.24, 2.45) is 5.92 Å². The molecule has 0 saturated heterocycles. The summed E-state index contributed by atoms with van der Waals surface area (Å²) in [4.78, 5) is 23.1. The average Bonchev–Trinajstić information content (AvgIpc) is 2.54. The van der Waals surface area contributed by atoms with E-state index in [0.717, 1.165) is 0 Å². The van der Waals surface area contributed by atoms with Gasteiger partial charge in [0.25, 0.3) is 5.91 Å². The Labute approximate surface area is 140 Å². The molecule has 128 valence electrons. The van der Waals surface area contributed by atoms with Crippen LogP contribution in [0.2, 0.25) is 0 Å². The van der Waals surface area contributed by atoms with Crippen molar-refractivity contribution < 1.29 is 19.4 Å². The number of amides is 1. The quantitative estimate of drug-likeness (QED) is 0.497. The van der Waals surface area contributed by atoms with Crippen LogP contribution in [0.25, 0.3) is 0 Å². The van der Waals surface area contributed by atoms with Crippen molar-refractivity contribution in [3.63, 3.8) is 0 Å². The Balaban J connectivity index is 2.77. The van der Waals surface area contributed by atoms with Crippen molar-refractivity contribution in [1.29, 1.82) is 5.26 Å². The number of nitrogens with one attached hydrogen (secondary N) is 2. The van der Waals surface area contributed by atoms with Crippen LogP contribution < -0.4 is 15.4 Å². The second-order valence-corrected chi connectivity index (χ2v) is 5.30. The molecule has 0 fully saturated rings. The molecule has 1 atom stereocenters. The number of rotatable bonds is 8. The van der Waals surface area contributed by atoms with Gasteiger partial charge in [0.05, 0.1) is 6.61 Å². The number of benzene rings is 1. The molecule has 1 unspecified atom stereocenters. The maximum Gasteiger partial charge on any atom is 0.326 e. The summed E-state index contributed by atoms with van der Waals surface area (Å²) in [5.41, 5.74) is 0.452. The van der Waals surface area contributed by atoms with E-state index in [1.807, 2.05) is 6.92 Å². The van der Waals surface area contributed by atoms with Gasteiger partial charge in [0, 0.05) is 11.9 Å². The van der Waals surface area contributed by atoms with Crippen LogP contribution in [0.4, 0.5) is 5.69 Å². The monoisotopic (exact) mass is 331 g/mol. The maximum atomic E-state index is 12.0. The largest absolute Gasteiger partial charge is 0.494 e. The number of carbonyl (C=O) groups excluding carboxylic acids is 1. The molecule has 24 heavy (non-hydrogen) atoms. The second kappa shape index (κ2) is 9.20. The third kappa shape index (κ3) is 5.65. The summed E-state index contributed by atoms with van der Waals surface area (Å²) < 4.78 is 5.32. The van der Waals surface area contributed by atoms with Gasteiger partial charge in [0.1, 0.15) is 23.4 Å². The van der Waals surface area contributed by atoms with Crippen molar-refractivity contribution in [1.82, 2.24) is 5.32 Å². The Kier molecular flexibility index (Phi) is 7.30. The van der Waals surface area contributed by atoms with Crippen LogP contribution in [0.1, 0.15) is 20.8 Å². The van der Waals surface area contributed by atoms with Crippen LogP contribution in [0.3, 0.4) is 0 Å². The van der Waals surface area contributed by atoms with E-state index in [0.29, 0.717) is 18.0 Å². The molecule has 0 aromatic heterocycles. The average molecular weight is 331 g/mol. The zero-order valence-corrected chi connectivity index (χ0v) is 13.9. The first-order chi connectivity index (χ1) is 11.4. The minimum atomic E-state index is -1.14. The number of anilines is 1. The fraction of sp³-hybridized carbons (Fsp3) is 0.353. The number of carboxylic acids is 1. The number of nitrogens with zero attached hydrogens (tertiary/aromatic N) is 1. The van der Waals surface area contributed by atoms with E-state index in [-0.39, 0.29) is 11.5 Å². The minimum Gasteiger partial charge on any atom is -0.494 e. The van der Waals surface area contributed by atoms with Crippen LogP contribution in [-0.2, 0) is 9.59 Å². The Bertz CT molecular complexity index is 645. The lowest BCUT2D eigenvalue weighted by Crippen LogP contribution is -2.44. The van der Waals surface area contributed by atoms with Crippen LogP contribution in [0, 0.1) is 17.2 Å². The zero-order valence-electron chi connectivity index (χ0n) is 13.9. The van der Waals surface area contributed by atoms with Gasteiger partial charge in [-0.25, -0.2) is 4.79 Å². The molecule has 3 N–H and O–H groups in total. The molecule has 0 radical (unpaired) electrons. The Morgan fingerprint density at radius 1 is 1.33 bits per heavy atom. The Morgan fingerprint density at radius 2 is 1.96 bits per heavy atom. The highest BCUT2D eigenvalue weighted by Crippen LogP contribution is 2.16. The van der Waals surface area contributed by atoms with Gasteiger partial charge < -0.3 is 20.5 Å². The number of nitriles is 1. The molecule has 7 nitrogen and oxygen atoms in total. The van der Waals surface area contributed by atoms with E-state index in [1.165, 1.54) is 6.20 Å². The molecule has 1 amide bonds. The topological polar surface area (TPSA) is 111 Å². The maximum absolute atomic E-state index is 12.0. The first kappa shape index (κ1) is 19.0. The fourth-order valence-corrected chi connectivity index (χ4v) is 1.85. The van der Waals surface area contributed by atoms with Gasteiger partial charge in [-0.3, -0.25) is 4.79 Å². The second-order valence-electron chi connectivity index (χ2n) is 5.30. The number of ether oxygens (including phenoxy) is 1. The first-order valence-corrected chi connectivity index (χ1v) is 7.52. The predicted octanol–water partition coefficient (Wildman–Crippen LogP) is 2.13. The van der Waals surface area contributed by atoms with E-state index in [9.17, 15) is 9.59 Å². The number of hydrogen-bond donors (Lipinski definition) is 3. The van der Waals surface area contributed by atoms with Gasteiger partial charge in [-0.1, -0.05) is 13.8 Å². The van der Waals surface area contributed by atoms with Crippen molar-refractivity contribution in [3.8, 4) is 11.8 Å². The zero-order chi connectivity index (χ0) is 18.1. The molecule has 0 heterocycles. The third-order valence-electron chi connectivity index (χ3n) is 3.13. The highest BCUT2D eigenvalue weighted by molar-refractivity contribution is 5.99. The van der Waals surface area contributed by atoms with Gasteiger partial charge >= 0.3 is 5.97 Å². The van der Waals surface area contributed by atoms with Crippen LogP contribution >= 0.6 is 0 Å². The van der Waals surface area contributed by atoms with E-state index >= 15 is 0 Å². The van der Waals surface area contributed by atoms with Gasteiger partial charge in [-0.2, -0.15) is 5.26 Å². The summed E-state index contributed by atoms with van der Waals surface area (Å²) in [7, 11) is 0. The van der Waals surface area contributed by atoms with E-state index < -0.39 is 17.9 Å². The summed E-state index contributed by atoms with van der Waals surface area (Å²) in [5.74, 6) is -1.47. The van der Waals surface area contributed by atoms with Gasteiger partial charge in [0.15, 0.2) is 0 Å². The highest BCUT2D eigenvalue weighted by atomic mass is 16.5. The lowest BCUT2D eigenvalue weighted by Gasteiger charge is -2.17. The van der Waals surface area contributed by atoms with Crippen LogP contribution in [0.15, 0.2) is 36.0 Å². The molecule has 1 aromatic carbocycles. The number of carboxylic acid groups (broad SMARTS) is 1. The molecule has 0 saturated carbocycles. The lowest BCUT2D eigenvalue weighted by atomic mass is 10.0. The minimum absolute atomic E-state index is 0.212. The van der Waals surface area contributed by atoms with E-state index in [2.05, 4.69) is 10.6 Å². The Hall–Kier alpha value is -3.01. The summed E-state index contributed by atoms with van der Waals surface area (Å²) in [6, 6.07) is 7.69. The molecule has 0 spiro atoms. The molecule has 7 heteroatoms. The van der Waals surface area contributed by atoms with Crippen molar-refractivity contribution in [3.05, 3.63) is 36.0 Å². The summed E-state index contributed by atoms with van der Waals surface area (Å²) in [6.07, 6.45) is 1.24. The molecule has 1 aromatic rings. The smallest absolute Gasteiger partial charge is 0.326 e. The number of hydrogen-bond acceptors (Lipinski definition) is 5. The standard InChI is InChI=1S/C17H21N3O4/c1-4-24-14-7-5-13(6-8-14)19-10-12(9-18)16(21)20-15(11(2)3)17(22)23/h5-8,10-11,15,19H,4H2,1-3H3,(H,20,21)(H,22,23)/b12-10-. The first-order valence-electron chi connectivity index (χ1n) is 7.52. The molecule has 0 bridgehead atoms. The van der Waals surface area contributed by atoms with Gasteiger partial charge in [0.2, 0.25) is 0 Å². The lowest BCUT2D eigenvalue weighted by molar-refractivity contribution is -0.142. The van der Waals surface area contributed by atoms with Crippen molar-refractivity contribution in [2.45, 2.75) is 26.8 Å². The van der Waals surface area contributed by atoms with E-state index in [1.54, 1.807) is 44.2 Å². The van der Waals surface area contributed by atoms with Crippen molar-refractivity contribution >= 4 is 17.6 Å². The highest BCUT2D eigenvalue weighted by Gasteiger charge is 2.24. The number of carbonyl (C=O) groups is 2.